The largest absolute Gasteiger partial charge is 0.493 e. The van der Waals surface area contributed by atoms with Crippen LogP contribution in [0, 0.1) is 5.82 Å². The average Bonchev–Trinajstić information content (AvgIpc) is 3.25. The highest BCUT2D eigenvalue weighted by Crippen LogP contribution is 2.30. The molecule has 34 heavy (non-hydrogen) atoms. The molecule has 0 aliphatic carbocycles. The Kier molecular flexibility index (Phi) is 7.44. The molecule has 3 aromatic carbocycles. The number of rotatable bonds is 9. The van der Waals surface area contributed by atoms with Crippen molar-refractivity contribution in [1.82, 2.24) is 14.8 Å². The van der Waals surface area contributed by atoms with E-state index in [2.05, 4.69) is 15.5 Å². The number of ether oxygens (including phenoxy) is 2. The van der Waals surface area contributed by atoms with Crippen molar-refractivity contribution in [3.63, 3.8) is 0 Å². The van der Waals surface area contributed by atoms with E-state index in [1.54, 1.807) is 43.5 Å². The second kappa shape index (κ2) is 10.8. The Hall–Kier alpha value is -3.85. The van der Waals surface area contributed by atoms with Crippen LogP contribution in [-0.2, 0) is 11.3 Å². The standard InChI is InChI=1S/C25H23FN4O3S/c1-32-21-13-12-18(14-22(21)33-2)27-23(31)16-34-25-29-28-24(19-10-6-7-11-20(19)26)30(25)15-17-8-4-3-5-9-17/h3-14H,15-16H2,1-2H3,(H,27,31). The molecule has 1 N–H and O–H groups in total. The third-order valence-corrected chi connectivity index (χ3v) is 5.98. The summed E-state index contributed by atoms with van der Waals surface area (Å²) in [5.41, 5.74) is 1.95. The molecule has 0 saturated heterocycles. The minimum Gasteiger partial charge on any atom is -0.493 e. The molecule has 0 atom stereocenters. The summed E-state index contributed by atoms with van der Waals surface area (Å²) in [6.07, 6.45) is 0. The Balaban J connectivity index is 1.53. The maximum Gasteiger partial charge on any atom is 0.234 e. The van der Waals surface area contributed by atoms with E-state index in [1.807, 2.05) is 34.9 Å². The molecule has 0 fully saturated rings. The number of thioether (sulfide) groups is 1. The lowest BCUT2D eigenvalue weighted by Gasteiger charge is -2.12. The number of hydrogen-bond acceptors (Lipinski definition) is 6. The molecule has 0 radical (unpaired) electrons. The van der Waals surface area contributed by atoms with Crippen LogP contribution in [-0.4, -0.2) is 40.6 Å². The van der Waals surface area contributed by atoms with Crippen molar-refractivity contribution in [2.75, 3.05) is 25.3 Å². The number of carbonyl (C=O) groups is 1. The minimum absolute atomic E-state index is 0.0958. The van der Waals surface area contributed by atoms with Crippen molar-refractivity contribution in [1.29, 1.82) is 0 Å². The van der Waals surface area contributed by atoms with Crippen LogP contribution in [0.25, 0.3) is 11.4 Å². The molecule has 0 unspecified atom stereocenters. The van der Waals surface area contributed by atoms with Gasteiger partial charge in [-0.2, -0.15) is 0 Å². The van der Waals surface area contributed by atoms with Crippen LogP contribution in [0.15, 0.2) is 78.0 Å². The Morgan fingerprint density at radius 3 is 2.44 bits per heavy atom. The number of hydrogen-bond donors (Lipinski definition) is 1. The summed E-state index contributed by atoms with van der Waals surface area (Å²) in [6, 6.07) is 21.3. The zero-order valence-corrected chi connectivity index (χ0v) is 19.5. The third kappa shape index (κ3) is 5.37. The van der Waals surface area contributed by atoms with E-state index in [9.17, 15) is 9.18 Å². The van der Waals surface area contributed by atoms with Gasteiger partial charge in [0.05, 0.1) is 32.1 Å². The first-order valence-electron chi connectivity index (χ1n) is 10.5. The molecule has 1 heterocycles. The zero-order valence-electron chi connectivity index (χ0n) is 18.7. The number of carbonyl (C=O) groups excluding carboxylic acids is 1. The molecule has 0 aliphatic heterocycles. The fraction of sp³-hybridized carbons (Fsp3) is 0.160. The maximum atomic E-state index is 14.5. The average molecular weight is 479 g/mol. The molecule has 9 heteroatoms. The second-order valence-electron chi connectivity index (χ2n) is 7.26. The SMILES string of the molecule is COc1ccc(NC(=O)CSc2nnc(-c3ccccc3F)n2Cc2ccccc2)cc1OC. The molecule has 1 aromatic heterocycles. The molecule has 4 aromatic rings. The highest BCUT2D eigenvalue weighted by molar-refractivity contribution is 7.99. The van der Waals surface area contributed by atoms with Gasteiger partial charge in [-0.1, -0.05) is 54.2 Å². The van der Waals surface area contributed by atoms with Crippen LogP contribution in [0.1, 0.15) is 5.56 Å². The van der Waals surface area contributed by atoms with Crippen LogP contribution in [0.2, 0.25) is 0 Å². The van der Waals surface area contributed by atoms with Crippen LogP contribution < -0.4 is 14.8 Å². The normalized spacial score (nSPS) is 10.7. The van der Waals surface area contributed by atoms with Gasteiger partial charge in [0.1, 0.15) is 5.82 Å². The molecule has 0 aliphatic rings. The number of nitrogens with one attached hydrogen (secondary N) is 1. The van der Waals surface area contributed by atoms with Gasteiger partial charge in [-0.3, -0.25) is 9.36 Å². The monoisotopic (exact) mass is 478 g/mol. The van der Waals surface area contributed by atoms with Crippen molar-refractivity contribution < 1.29 is 18.7 Å². The summed E-state index contributed by atoms with van der Waals surface area (Å²) in [5, 5.41) is 11.8. The highest BCUT2D eigenvalue weighted by atomic mass is 32.2. The van der Waals surface area contributed by atoms with Crippen molar-refractivity contribution >= 4 is 23.4 Å². The van der Waals surface area contributed by atoms with Crippen molar-refractivity contribution in [3.8, 4) is 22.9 Å². The first-order chi connectivity index (χ1) is 16.6. The molecule has 174 valence electrons. The Labute approximate surface area is 200 Å². The molecular formula is C25H23FN4O3S. The summed E-state index contributed by atoms with van der Waals surface area (Å²) in [7, 11) is 3.08. The predicted molar refractivity (Wildman–Crippen MR) is 130 cm³/mol. The van der Waals surface area contributed by atoms with Crippen LogP contribution in [0.4, 0.5) is 10.1 Å². The van der Waals surface area contributed by atoms with Gasteiger partial charge in [-0.15, -0.1) is 10.2 Å². The Morgan fingerprint density at radius 1 is 0.971 bits per heavy atom. The highest BCUT2D eigenvalue weighted by Gasteiger charge is 2.18. The molecule has 4 rings (SSSR count). The number of aromatic nitrogens is 3. The minimum atomic E-state index is -0.382. The number of anilines is 1. The third-order valence-electron chi connectivity index (χ3n) is 5.01. The fourth-order valence-electron chi connectivity index (χ4n) is 3.39. The summed E-state index contributed by atoms with van der Waals surface area (Å²) in [6.45, 7) is 0.442. The van der Waals surface area contributed by atoms with Gasteiger partial charge in [-0.25, -0.2) is 4.39 Å². The van der Waals surface area contributed by atoms with Gasteiger partial charge in [-0.05, 0) is 29.8 Å². The van der Waals surface area contributed by atoms with Crippen LogP contribution in [0.5, 0.6) is 11.5 Å². The Bertz CT molecular complexity index is 1280. The van der Waals surface area contributed by atoms with E-state index >= 15 is 0 Å². The summed E-state index contributed by atoms with van der Waals surface area (Å²) < 4.78 is 26.8. The lowest BCUT2D eigenvalue weighted by molar-refractivity contribution is -0.113. The first kappa shape index (κ1) is 23.3. The van der Waals surface area contributed by atoms with Gasteiger partial charge < -0.3 is 14.8 Å². The van der Waals surface area contributed by atoms with Crippen LogP contribution >= 0.6 is 11.8 Å². The lowest BCUT2D eigenvalue weighted by Crippen LogP contribution is -2.15. The Morgan fingerprint density at radius 2 is 1.71 bits per heavy atom. The zero-order chi connectivity index (χ0) is 23.9. The lowest BCUT2D eigenvalue weighted by atomic mass is 10.2. The quantitative estimate of drug-likeness (QED) is 0.346. The topological polar surface area (TPSA) is 78.3 Å². The summed E-state index contributed by atoms with van der Waals surface area (Å²) >= 11 is 1.23. The van der Waals surface area contributed by atoms with Crippen LogP contribution in [0.3, 0.4) is 0 Å². The molecule has 1 amide bonds. The van der Waals surface area contributed by atoms with Crippen molar-refractivity contribution in [2.45, 2.75) is 11.7 Å². The fourth-order valence-corrected chi connectivity index (χ4v) is 4.12. The molecule has 0 saturated carbocycles. The molecule has 0 bridgehead atoms. The van der Waals surface area contributed by atoms with Crippen molar-refractivity contribution in [2.24, 2.45) is 0 Å². The number of benzene rings is 3. The number of amides is 1. The van der Waals surface area contributed by atoms with E-state index in [1.165, 1.54) is 24.9 Å². The van der Waals surface area contributed by atoms with E-state index in [0.29, 0.717) is 40.3 Å². The number of halogens is 1. The van der Waals surface area contributed by atoms with E-state index in [-0.39, 0.29) is 17.5 Å². The van der Waals surface area contributed by atoms with Gasteiger partial charge >= 0.3 is 0 Å². The van der Waals surface area contributed by atoms with E-state index < -0.39 is 0 Å². The molecule has 0 spiro atoms. The molecular weight excluding hydrogens is 455 g/mol. The van der Waals surface area contributed by atoms with Gasteiger partial charge in [0.2, 0.25) is 5.91 Å². The number of methoxy groups -OCH3 is 2. The molecule has 7 nitrogen and oxygen atoms in total. The van der Waals surface area contributed by atoms with E-state index in [0.717, 1.165) is 5.56 Å². The predicted octanol–water partition coefficient (Wildman–Crippen LogP) is 4.88. The van der Waals surface area contributed by atoms with Gasteiger partial charge in [0.15, 0.2) is 22.5 Å². The smallest absolute Gasteiger partial charge is 0.234 e. The first-order valence-corrected chi connectivity index (χ1v) is 11.4. The second-order valence-corrected chi connectivity index (χ2v) is 8.21. The van der Waals surface area contributed by atoms with Gasteiger partial charge in [0.25, 0.3) is 0 Å². The summed E-state index contributed by atoms with van der Waals surface area (Å²) in [4.78, 5) is 12.6. The number of nitrogens with zero attached hydrogens (tertiary/aromatic N) is 3. The maximum absolute atomic E-state index is 14.5. The van der Waals surface area contributed by atoms with Gasteiger partial charge in [0, 0.05) is 11.8 Å². The van der Waals surface area contributed by atoms with Crippen molar-refractivity contribution in [3.05, 3.63) is 84.2 Å². The summed E-state index contributed by atoms with van der Waals surface area (Å²) in [5.74, 6) is 0.990. The van der Waals surface area contributed by atoms with E-state index in [4.69, 9.17) is 9.47 Å².